The smallest absolute Gasteiger partial charge is 0.227 e. The molecule has 0 radical (unpaired) electrons. The van der Waals surface area contributed by atoms with Crippen molar-refractivity contribution in [1.82, 2.24) is 4.98 Å². The van der Waals surface area contributed by atoms with Gasteiger partial charge in [-0.3, -0.25) is 0 Å². The fraction of sp³-hybridized carbons (Fsp3) is 0.0577. The predicted octanol–water partition coefficient (Wildman–Crippen LogP) is 14.4. The number of para-hydroxylation sites is 3. The summed E-state index contributed by atoms with van der Waals surface area (Å²) in [5.41, 5.74) is 15.8. The highest BCUT2D eigenvalue weighted by molar-refractivity contribution is 6.01. The summed E-state index contributed by atoms with van der Waals surface area (Å²) in [4.78, 5) is 9.88. The molecule has 0 spiro atoms. The van der Waals surface area contributed by atoms with E-state index in [4.69, 9.17) is 9.40 Å². The van der Waals surface area contributed by atoms with Crippen LogP contribution < -0.4 is 9.80 Å². The van der Waals surface area contributed by atoms with Crippen LogP contribution in [0.25, 0.3) is 44.8 Å². The summed E-state index contributed by atoms with van der Waals surface area (Å²) in [5.74, 6) is 0.576. The normalized spacial score (nSPS) is 12.6. The molecular formula is C52H39N3O. The van der Waals surface area contributed by atoms with Crippen molar-refractivity contribution in [2.45, 2.75) is 19.3 Å². The Bertz CT molecular complexity index is 2830. The third-order valence-corrected chi connectivity index (χ3v) is 11.1. The second kappa shape index (κ2) is 13.6. The van der Waals surface area contributed by atoms with Crippen molar-refractivity contribution in [3.63, 3.8) is 0 Å². The van der Waals surface area contributed by atoms with E-state index in [-0.39, 0.29) is 5.41 Å². The number of fused-ring (bicyclic) bond motifs is 4. The zero-order valence-corrected chi connectivity index (χ0v) is 31.3. The van der Waals surface area contributed by atoms with E-state index in [2.05, 4.69) is 194 Å². The van der Waals surface area contributed by atoms with Gasteiger partial charge in [-0.25, -0.2) is 4.98 Å². The van der Waals surface area contributed by atoms with Crippen molar-refractivity contribution < 1.29 is 4.42 Å². The lowest BCUT2D eigenvalue weighted by molar-refractivity contribution is 0.620. The Morgan fingerprint density at radius 2 is 0.964 bits per heavy atom. The summed E-state index contributed by atoms with van der Waals surface area (Å²) >= 11 is 0. The topological polar surface area (TPSA) is 32.5 Å². The minimum atomic E-state index is -0.151. The van der Waals surface area contributed by atoms with Crippen LogP contribution >= 0.6 is 0 Å². The van der Waals surface area contributed by atoms with Gasteiger partial charge >= 0.3 is 0 Å². The Morgan fingerprint density at radius 1 is 0.411 bits per heavy atom. The molecule has 0 unspecified atom stereocenters. The number of hydrogen-bond donors (Lipinski definition) is 0. The molecule has 1 heterocycles. The summed E-state index contributed by atoms with van der Waals surface area (Å²) in [7, 11) is 0. The Morgan fingerprint density at radius 3 is 1.66 bits per heavy atom. The lowest BCUT2D eigenvalue weighted by atomic mass is 9.82. The molecule has 4 heteroatoms. The van der Waals surface area contributed by atoms with Gasteiger partial charge in [0, 0.05) is 33.6 Å². The van der Waals surface area contributed by atoms with E-state index in [1.54, 1.807) is 0 Å². The van der Waals surface area contributed by atoms with E-state index in [1.165, 1.54) is 22.3 Å². The van der Waals surface area contributed by atoms with Crippen molar-refractivity contribution >= 4 is 45.2 Å². The first-order valence-electron chi connectivity index (χ1n) is 19.1. The number of rotatable bonds is 8. The molecule has 0 aliphatic heterocycles. The number of benzene rings is 8. The number of aromatic nitrogens is 1. The van der Waals surface area contributed by atoms with Crippen molar-refractivity contribution in [2.75, 3.05) is 9.80 Å². The van der Waals surface area contributed by atoms with Crippen molar-refractivity contribution in [3.8, 4) is 33.7 Å². The van der Waals surface area contributed by atoms with Crippen LogP contribution in [-0.2, 0) is 5.41 Å². The van der Waals surface area contributed by atoms with Crippen LogP contribution in [0.2, 0.25) is 0 Å². The van der Waals surface area contributed by atoms with Crippen LogP contribution in [-0.4, -0.2) is 4.98 Å². The lowest BCUT2D eigenvalue weighted by Gasteiger charge is -2.31. The fourth-order valence-electron chi connectivity index (χ4n) is 8.37. The predicted molar refractivity (Wildman–Crippen MR) is 232 cm³/mol. The molecule has 0 N–H and O–H groups in total. The maximum atomic E-state index is 6.85. The molecule has 1 aliphatic carbocycles. The Labute approximate surface area is 327 Å². The average Bonchev–Trinajstić information content (AvgIpc) is 3.79. The van der Waals surface area contributed by atoms with Crippen LogP contribution in [0.1, 0.15) is 25.0 Å². The Hall–Kier alpha value is -7.17. The summed E-state index contributed by atoms with van der Waals surface area (Å²) in [6.07, 6.45) is 0. The van der Waals surface area contributed by atoms with Crippen LogP contribution in [0.3, 0.4) is 0 Å². The second-order valence-corrected chi connectivity index (χ2v) is 14.8. The van der Waals surface area contributed by atoms with E-state index in [1.807, 2.05) is 30.3 Å². The van der Waals surface area contributed by atoms with Crippen molar-refractivity contribution in [2.24, 2.45) is 0 Å². The maximum Gasteiger partial charge on any atom is 0.227 e. The molecule has 10 rings (SSSR count). The van der Waals surface area contributed by atoms with Gasteiger partial charge in [-0.1, -0.05) is 147 Å². The molecule has 1 aliphatic rings. The SMILES string of the molecule is CC1(C)c2ccccc2-c2ccc(N(c3ccccc3)c3cc(N(c4ccccc4)c4ccccc4-c4ccccc4)c4oc(-c5ccccc5)nc4c3)cc21. The van der Waals surface area contributed by atoms with Crippen molar-refractivity contribution in [1.29, 1.82) is 0 Å². The van der Waals surface area contributed by atoms with Gasteiger partial charge in [-0.05, 0) is 94.5 Å². The van der Waals surface area contributed by atoms with Gasteiger partial charge in [0.1, 0.15) is 5.52 Å². The lowest BCUT2D eigenvalue weighted by Crippen LogP contribution is -2.17. The fourth-order valence-corrected chi connectivity index (χ4v) is 8.37. The van der Waals surface area contributed by atoms with Crippen LogP contribution in [0.5, 0.6) is 0 Å². The molecule has 0 atom stereocenters. The molecule has 0 saturated carbocycles. The third kappa shape index (κ3) is 5.66. The summed E-state index contributed by atoms with van der Waals surface area (Å²) in [6, 6.07) is 70.7. The molecule has 4 nitrogen and oxygen atoms in total. The first-order valence-corrected chi connectivity index (χ1v) is 19.1. The van der Waals surface area contributed by atoms with E-state index >= 15 is 0 Å². The first-order chi connectivity index (χ1) is 27.5. The van der Waals surface area contributed by atoms with Gasteiger partial charge in [0.2, 0.25) is 5.89 Å². The summed E-state index contributed by atoms with van der Waals surface area (Å²) < 4.78 is 6.85. The number of hydrogen-bond acceptors (Lipinski definition) is 4. The number of nitrogens with zero attached hydrogens (tertiary/aromatic N) is 3. The van der Waals surface area contributed by atoms with Gasteiger partial charge in [0.15, 0.2) is 5.58 Å². The molecule has 56 heavy (non-hydrogen) atoms. The summed E-state index contributed by atoms with van der Waals surface area (Å²) in [5, 5.41) is 0. The van der Waals surface area contributed by atoms with Gasteiger partial charge in [-0.2, -0.15) is 0 Å². The van der Waals surface area contributed by atoms with Gasteiger partial charge in [0.25, 0.3) is 0 Å². The number of anilines is 6. The van der Waals surface area contributed by atoms with Gasteiger partial charge in [-0.15, -0.1) is 0 Å². The largest absolute Gasteiger partial charge is 0.434 e. The monoisotopic (exact) mass is 721 g/mol. The molecule has 8 aromatic carbocycles. The zero-order chi connectivity index (χ0) is 37.6. The third-order valence-electron chi connectivity index (χ3n) is 11.1. The van der Waals surface area contributed by atoms with Crippen LogP contribution in [0.4, 0.5) is 34.1 Å². The molecule has 268 valence electrons. The summed E-state index contributed by atoms with van der Waals surface area (Å²) in [6.45, 7) is 4.67. The van der Waals surface area contributed by atoms with Crippen LogP contribution in [0, 0.1) is 0 Å². The molecular weight excluding hydrogens is 683 g/mol. The minimum Gasteiger partial charge on any atom is -0.434 e. The molecule has 9 aromatic rings. The quantitative estimate of drug-likeness (QED) is 0.156. The Balaban J connectivity index is 1.25. The second-order valence-electron chi connectivity index (χ2n) is 14.8. The van der Waals surface area contributed by atoms with E-state index in [9.17, 15) is 0 Å². The van der Waals surface area contributed by atoms with Gasteiger partial charge in [0.05, 0.1) is 17.1 Å². The highest BCUT2D eigenvalue weighted by atomic mass is 16.3. The van der Waals surface area contributed by atoms with E-state index in [0.717, 1.165) is 56.3 Å². The van der Waals surface area contributed by atoms with Crippen LogP contribution in [0.15, 0.2) is 205 Å². The van der Waals surface area contributed by atoms with E-state index in [0.29, 0.717) is 11.5 Å². The molecule has 1 aromatic heterocycles. The highest BCUT2D eigenvalue weighted by Crippen LogP contribution is 2.52. The number of oxazole rings is 1. The minimum absolute atomic E-state index is 0.151. The first kappa shape index (κ1) is 33.4. The molecule has 0 bridgehead atoms. The zero-order valence-electron chi connectivity index (χ0n) is 31.3. The molecule has 0 amide bonds. The van der Waals surface area contributed by atoms with Gasteiger partial charge < -0.3 is 14.2 Å². The average molecular weight is 722 g/mol. The van der Waals surface area contributed by atoms with Crippen molar-refractivity contribution in [3.05, 3.63) is 211 Å². The standard InChI is InChI=1S/C52H39N3O/c1-52(2)45-29-17-15-28-43(45)44-32-31-40(33-46(44)52)54(38-23-11-5-12-24-38)41-34-47-50(56-51(53-47)37-21-9-4-10-22-37)49(35-41)55(39-25-13-6-14-26-39)48-30-18-16-27-42(48)36-19-7-3-8-20-36/h3-35H,1-2H3. The Kier molecular flexibility index (Phi) is 8.11. The van der Waals surface area contributed by atoms with E-state index < -0.39 is 0 Å². The highest BCUT2D eigenvalue weighted by Gasteiger charge is 2.36. The molecule has 0 fully saturated rings. The maximum absolute atomic E-state index is 6.85. The molecule has 0 saturated heterocycles.